The first-order chi connectivity index (χ1) is 5.63. The van der Waals surface area contributed by atoms with Crippen LogP contribution < -0.4 is 0 Å². The number of hydrogen-bond donors (Lipinski definition) is 0. The van der Waals surface area contributed by atoms with Crippen LogP contribution in [-0.4, -0.2) is 0 Å². The SMILES string of the molecule is C[C](C)c1ccccc1C(C)C. The Bertz CT molecular complexity index is 219. The Balaban J connectivity index is 3.09. The Morgan fingerprint density at radius 2 is 1.67 bits per heavy atom. The zero-order valence-electron chi connectivity index (χ0n) is 8.39. The summed E-state index contributed by atoms with van der Waals surface area (Å²) in [4.78, 5) is 0. The summed E-state index contributed by atoms with van der Waals surface area (Å²) in [5.74, 6) is 2.02. The summed E-state index contributed by atoms with van der Waals surface area (Å²) in [6.45, 7) is 8.81. The van der Waals surface area contributed by atoms with Crippen molar-refractivity contribution in [3.8, 4) is 0 Å². The Kier molecular flexibility index (Phi) is 2.91. The van der Waals surface area contributed by atoms with Gasteiger partial charge in [-0.25, -0.2) is 0 Å². The van der Waals surface area contributed by atoms with E-state index in [1.54, 1.807) is 0 Å². The number of hydrogen-bond acceptors (Lipinski definition) is 0. The highest BCUT2D eigenvalue weighted by atomic mass is 14.1. The smallest absolute Gasteiger partial charge is 0.000912 e. The van der Waals surface area contributed by atoms with Gasteiger partial charge in [-0.05, 0) is 23.0 Å². The van der Waals surface area contributed by atoms with Crippen molar-refractivity contribution in [2.75, 3.05) is 0 Å². The van der Waals surface area contributed by atoms with Gasteiger partial charge in [-0.1, -0.05) is 52.0 Å². The Labute approximate surface area is 75.6 Å². The van der Waals surface area contributed by atoms with Gasteiger partial charge in [-0.2, -0.15) is 0 Å². The molecule has 0 saturated heterocycles. The molecule has 0 saturated carbocycles. The molecule has 1 aromatic rings. The lowest BCUT2D eigenvalue weighted by atomic mass is 9.91. The van der Waals surface area contributed by atoms with Gasteiger partial charge in [-0.15, -0.1) is 0 Å². The fourth-order valence-corrected chi connectivity index (χ4v) is 1.46. The molecule has 0 N–H and O–H groups in total. The summed E-state index contributed by atoms with van der Waals surface area (Å²) in [7, 11) is 0. The van der Waals surface area contributed by atoms with E-state index < -0.39 is 0 Å². The zero-order valence-corrected chi connectivity index (χ0v) is 8.39. The molecule has 0 aromatic heterocycles. The summed E-state index contributed by atoms with van der Waals surface area (Å²) in [6.07, 6.45) is 0. The van der Waals surface area contributed by atoms with Gasteiger partial charge in [0, 0.05) is 0 Å². The van der Waals surface area contributed by atoms with Gasteiger partial charge in [-0.3, -0.25) is 0 Å². The second-order valence-electron chi connectivity index (χ2n) is 3.74. The van der Waals surface area contributed by atoms with Crippen LogP contribution in [0.4, 0.5) is 0 Å². The van der Waals surface area contributed by atoms with Crippen LogP contribution in [0.3, 0.4) is 0 Å². The van der Waals surface area contributed by atoms with E-state index in [-0.39, 0.29) is 0 Å². The van der Waals surface area contributed by atoms with Crippen molar-refractivity contribution in [3.05, 3.63) is 41.3 Å². The maximum Gasteiger partial charge on any atom is -0.000912 e. The van der Waals surface area contributed by atoms with E-state index in [0.717, 1.165) is 0 Å². The molecule has 1 radical (unpaired) electrons. The molecule has 0 nitrogen and oxygen atoms in total. The molecule has 0 unspecified atom stereocenters. The predicted octanol–water partition coefficient (Wildman–Crippen LogP) is 3.77. The first-order valence-corrected chi connectivity index (χ1v) is 4.52. The fraction of sp³-hybridized carbons (Fsp3) is 0.417. The molecule has 1 aromatic carbocycles. The largest absolute Gasteiger partial charge is 0.0620 e. The van der Waals surface area contributed by atoms with Crippen molar-refractivity contribution in [1.29, 1.82) is 0 Å². The van der Waals surface area contributed by atoms with Crippen LogP contribution in [-0.2, 0) is 0 Å². The molecule has 0 atom stereocenters. The first kappa shape index (κ1) is 9.31. The van der Waals surface area contributed by atoms with Crippen molar-refractivity contribution in [1.82, 2.24) is 0 Å². The van der Waals surface area contributed by atoms with E-state index in [1.165, 1.54) is 17.0 Å². The van der Waals surface area contributed by atoms with Crippen molar-refractivity contribution in [2.24, 2.45) is 0 Å². The van der Waals surface area contributed by atoms with Crippen molar-refractivity contribution < 1.29 is 0 Å². The Morgan fingerprint density at radius 1 is 1.08 bits per heavy atom. The molecule has 0 heteroatoms. The topological polar surface area (TPSA) is 0 Å². The molecule has 0 amide bonds. The molecule has 0 bridgehead atoms. The summed E-state index contributed by atoms with van der Waals surface area (Å²) < 4.78 is 0. The van der Waals surface area contributed by atoms with E-state index in [2.05, 4.69) is 52.0 Å². The third-order valence-corrected chi connectivity index (χ3v) is 2.12. The summed E-state index contributed by atoms with van der Waals surface area (Å²) in [6, 6.07) is 8.63. The highest BCUT2D eigenvalue weighted by molar-refractivity contribution is 5.38. The standard InChI is InChI=1S/C12H17/c1-9(2)11-7-5-6-8-12(11)10(3)4/h5-9H,1-4H3. The fourth-order valence-electron chi connectivity index (χ4n) is 1.46. The number of rotatable bonds is 2. The van der Waals surface area contributed by atoms with Crippen LogP contribution in [0.2, 0.25) is 0 Å². The Morgan fingerprint density at radius 3 is 2.08 bits per heavy atom. The van der Waals surface area contributed by atoms with Crippen molar-refractivity contribution in [3.63, 3.8) is 0 Å². The van der Waals surface area contributed by atoms with Crippen LogP contribution in [0.15, 0.2) is 24.3 Å². The third-order valence-electron chi connectivity index (χ3n) is 2.12. The minimum absolute atomic E-state index is 0.621. The van der Waals surface area contributed by atoms with E-state index in [1.807, 2.05) is 0 Å². The lowest BCUT2D eigenvalue weighted by Gasteiger charge is -2.14. The average molecular weight is 161 g/mol. The lowest BCUT2D eigenvalue weighted by Crippen LogP contribution is -1.97. The zero-order chi connectivity index (χ0) is 9.14. The van der Waals surface area contributed by atoms with Crippen molar-refractivity contribution >= 4 is 0 Å². The van der Waals surface area contributed by atoms with Gasteiger partial charge in [0.15, 0.2) is 0 Å². The average Bonchev–Trinajstić information content (AvgIpc) is 2.04. The molecule has 0 spiro atoms. The molecule has 0 aliphatic carbocycles. The Hall–Kier alpha value is -0.780. The molecule has 0 aliphatic heterocycles. The first-order valence-electron chi connectivity index (χ1n) is 4.52. The highest BCUT2D eigenvalue weighted by Crippen LogP contribution is 2.24. The predicted molar refractivity (Wildman–Crippen MR) is 54.2 cm³/mol. The van der Waals surface area contributed by atoms with Gasteiger partial charge in [0.05, 0.1) is 0 Å². The second kappa shape index (κ2) is 3.75. The van der Waals surface area contributed by atoms with Gasteiger partial charge in [0.2, 0.25) is 0 Å². The van der Waals surface area contributed by atoms with Gasteiger partial charge in [0.25, 0.3) is 0 Å². The number of benzene rings is 1. The molecular formula is C12H17. The van der Waals surface area contributed by atoms with Gasteiger partial charge < -0.3 is 0 Å². The molecule has 0 fully saturated rings. The maximum absolute atomic E-state index is 2.24. The van der Waals surface area contributed by atoms with E-state index in [0.29, 0.717) is 5.92 Å². The quantitative estimate of drug-likeness (QED) is 0.619. The molecule has 12 heavy (non-hydrogen) atoms. The maximum atomic E-state index is 2.24. The minimum atomic E-state index is 0.621. The van der Waals surface area contributed by atoms with E-state index >= 15 is 0 Å². The van der Waals surface area contributed by atoms with Crippen LogP contribution in [0, 0.1) is 5.92 Å². The summed E-state index contributed by atoms with van der Waals surface area (Å²) >= 11 is 0. The molecule has 0 heterocycles. The monoisotopic (exact) mass is 161 g/mol. The lowest BCUT2D eigenvalue weighted by molar-refractivity contribution is 0.849. The second-order valence-corrected chi connectivity index (χ2v) is 3.74. The van der Waals surface area contributed by atoms with E-state index in [9.17, 15) is 0 Å². The van der Waals surface area contributed by atoms with Crippen LogP contribution in [0.25, 0.3) is 0 Å². The van der Waals surface area contributed by atoms with Crippen LogP contribution >= 0.6 is 0 Å². The third kappa shape index (κ3) is 1.88. The van der Waals surface area contributed by atoms with E-state index in [4.69, 9.17) is 0 Å². The summed E-state index contributed by atoms with van der Waals surface area (Å²) in [5.41, 5.74) is 2.87. The molecule has 0 aliphatic rings. The van der Waals surface area contributed by atoms with Gasteiger partial charge >= 0.3 is 0 Å². The van der Waals surface area contributed by atoms with Crippen molar-refractivity contribution in [2.45, 2.75) is 33.6 Å². The summed E-state index contributed by atoms with van der Waals surface area (Å²) in [5, 5.41) is 0. The molecule has 65 valence electrons. The minimum Gasteiger partial charge on any atom is -0.0620 e. The normalized spacial score (nSPS) is 11.2. The van der Waals surface area contributed by atoms with Crippen LogP contribution in [0.1, 0.15) is 44.7 Å². The molecular weight excluding hydrogens is 144 g/mol. The highest BCUT2D eigenvalue weighted by Gasteiger charge is 2.07. The van der Waals surface area contributed by atoms with Crippen LogP contribution in [0.5, 0.6) is 0 Å². The molecule has 1 rings (SSSR count). The van der Waals surface area contributed by atoms with Gasteiger partial charge in [0.1, 0.15) is 0 Å².